The Morgan fingerprint density at radius 3 is 2.26 bits per heavy atom. The summed E-state index contributed by atoms with van der Waals surface area (Å²) in [5, 5.41) is 2.58. The smallest absolute Gasteiger partial charge is 0.336 e. The Hall–Kier alpha value is -3.94. The number of benzene rings is 1. The van der Waals surface area contributed by atoms with Crippen molar-refractivity contribution in [2.24, 2.45) is 29.4 Å². The molecule has 254 valence electrons. The third kappa shape index (κ3) is 9.08. The quantitative estimate of drug-likeness (QED) is 0.233. The van der Waals surface area contributed by atoms with Gasteiger partial charge in [0.15, 0.2) is 5.54 Å². The molecule has 6 atom stereocenters. The van der Waals surface area contributed by atoms with Gasteiger partial charge in [0, 0.05) is 50.0 Å². The first-order valence-corrected chi connectivity index (χ1v) is 17.2. The molecule has 2 aliphatic rings. The van der Waals surface area contributed by atoms with Crippen molar-refractivity contribution in [1.29, 1.82) is 0 Å². The number of sulfonamides is 1. The van der Waals surface area contributed by atoms with E-state index in [-0.39, 0.29) is 49.8 Å². The van der Waals surface area contributed by atoms with Gasteiger partial charge in [-0.2, -0.15) is 0 Å². The molecular formula is C32H46N4O9S. The fraction of sp³-hybridized carbons (Fsp3) is 0.594. The van der Waals surface area contributed by atoms with Crippen molar-refractivity contribution in [2.75, 3.05) is 19.3 Å². The standard InChI is InChI=1S/C32H46N4O9S/c1-6-20(3)13-27(37)35-46(42,43)19-28(38)34-32(31(41)44-18-22-11-9-8-10-12-22)25-17-36(5)16-24(30(33)40)23(25)15-26(32)45-29(39)14-21(4)7-2/h8-12,16,20-21,23,25-26H,6-7,13-15,17-19H2,1-5H3,(H2,33,40)(H,34,38)(H,35,37)/t20-,21-,23-,25+,26-,32+/m0/s1. The van der Waals surface area contributed by atoms with Crippen LogP contribution in [0.3, 0.4) is 0 Å². The summed E-state index contributed by atoms with van der Waals surface area (Å²) >= 11 is 0. The lowest BCUT2D eigenvalue weighted by molar-refractivity contribution is -0.170. The first-order chi connectivity index (χ1) is 21.6. The van der Waals surface area contributed by atoms with E-state index in [1.807, 2.05) is 25.5 Å². The van der Waals surface area contributed by atoms with E-state index in [1.54, 1.807) is 55.4 Å². The van der Waals surface area contributed by atoms with Crippen LogP contribution in [0.15, 0.2) is 42.1 Å². The van der Waals surface area contributed by atoms with Crippen LogP contribution in [-0.4, -0.2) is 74.0 Å². The molecule has 13 nitrogen and oxygen atoms in total. The lowest BCUT2D eigenvalue weighted by atomic mass is 9.77. The second-order valence-corrected chi connectivity index (χ2v) is 14.2. The molecule has 1 fully saturated rings. The minimum Gasteiger partial charge on any atom is -0.459 e. The maximum atomic E-state index is 14.3. The maximum absolute atomic E-state index is 14.3. The molecule has 1 aliphatic carbocycles. The largest absolute Gasteiger partial charge is 0.459 e. The highest BCUT2D eigenvalue weighted by atomic mass is 32.2. The van der Waals surface area contributed by atoms with Crippen molar-refractivity contribution in [3.8, 4) is 0 Å². The highest BCUT2D eigenvalue weighted by Gasteiger charge is 2.65. The fourth-order valence-corrected chi connectivity index (χ4v) is 6.89. The molecule has 3 rings (SSSR count). The van der Waals surface area contributed by atoms with Gasteiger partial charge in [0.2, 0.25) is 27.7 Å². The molecule has 0 bridgehead atoms. The van der Waals surface area contributed by atoms with Crippen LogP contribution in [0.5, 0.6) is 0 Å². The lowest BCUT2D eigenvalue weighted by Gasteiger charge is -2.42. The number of hydrogen-bond donors (Lipinski definition) is 3. The van der Waals surface area contributed by atoms with E-state index in [1.165, 1.54) is 0 Å². The SMILES string of the molecule is CC[C@H](C)CC(=O)NS(=O)(=O)CC(=O)N[C@@]1(C(=O)OCc2ccccc2)[C@@H](OC(=O)C[C@@H](C)CC)C[C@H]2C(C(N)=O)=CN(C)C[C@H]21. The van der Waals surface area contributed by atoms with Gasteiger partial charge in [-0.1, -0.05) is 70.9 Å². The number of amides is 3. The van der Waals surface area contributed by atoms with E-state index in [9.17, 15) is 32.4 Å². The number of nitrogens with one attached hydrogen (secondary N) is 2. The summed E-state index contributed by atoms with van der Waals surface area (Å²) < 4.78 is 39.4. The number of fused-ring (bicyclic) bond motifs is 1. The predicted molar refractivity (Wildman–Crippen MR) is 169 cm³/mol. The Morgan fingerprint density at radius 1 is 1.02 bits per heavy atom. The van der Waals surface area contributed by atoms with Crippen LogP contribution < -0.4 is 15.8 Å². The van der Waals surface area contributed by atoms with Gasteiger partial charge in [-0.3, -0.25) is 23.9 Å². The molecule has 0 aromatic heterocycles. The molecule has 0 radical (unpaired) electrons. The fourth-order valence-electron chi connectivity index (χ4n) is 5.97. The van der Waals surface area contributed by atoms with Gasteiger partial charge in [-0.15, -0.1) is 0 Å². The van der Waals surface area contributed by atoms with Gasteiger partial charge in [-0.05, 0) is 23.8 Å². The van der Waals surface area contributed by atoms with Crippen LogP contribution in [0, 0.1) is 23.7 Å². The summed E-state index contributed by atoms with van der Waals surface area (Å²) in [5.41, 5.74) is 4.44. The van der Waals surface area contributed by atoms with Crippen molar-refractivity contribution in [3.63, 3.8) is 0 Å². The number of hydrogen-bond acceptors (Lipinski definition) is 10. The molecule has 0 unspecified atom stereocenters. The Balaban J connectivity index is 2.04. The summed E-state index contributed by atoms with van der Waals surface area (Å²) in [5.74, 6) is -7.17. The van der Waals surface area contributed by atoms with Crippen LogP contribution in [0.2, 0.25) is 0 Å². The molecule has 1 aromatic rings. The number of rotatable bonds is 15. The zero-order valence-corrected chi connectivity index (χ0v) is 27.9. The second kappa shape index (κ2) is 15.6. The zero-order valence-electron chi connectivity index (χ0n) is 27.1. The molecule has 1 heterocycles. The van der Waals surface area contributed by atoms with E-state index in [0.29, 0.717) is 18.4 Å². The van der Waals surface area contributed by atoms with Crippen LogP contribution in [-0.2, 0) is 50.1 Å². The Kier molecular flexibility index (Phi) is 12.4. The van der Waals surface area contributed by atoms with Crippen LogP contribution in [0.25, 0.3) is 0 Å². The van der Waals surface area contributed by atoms with Crippen LogP contribution in [0.4, 0.5) is 0 Å². The molecular weight excluding hydrogens is 616 g/mol. The van der Waals surface area contributed by atoms with Gasteiger partial charge >= 0.3 is 11.9 Å². The molecule has 4 N–H and O–H groups in total. The molecule has 1 saturated carbocycles. The number of nitrogens with zero attached hydrogens (tertiary/aromatic N) is 1. The van der Waals surface area contributed by atoms with Crippen molar-refractivity contribution in [3.05, 3.63) is 47.7 Å². The van der Waals surface area contributed by atoms with E-state index >= 15 is 0 Å². The number of carbonyl (C=O) groups is 5. The van der Waals surface area contributed by atoms with Crippen molar-refractivity contribution in [1.82, 2.24) is 14.9 Å². The number of ether oxygens (including phenoxy) is 2. The number of esters is 2. The zero-order chi connectivity index (χ0) is 34.2. The molecule has 14 heteroatoms. The van der Waals surface area contributed by atoms with Crippen molar-refractivity contribution < 1.29 is 41.9 Å². The number of carbonyl (C=O) groups excluding carboxylic acids is 5. The number of primary amides is 1. The van der Waals surface area contributed by atoms with Gasteiger partial charge in [0.1, 0.15) is 18.5 Å². The van der Waals surface area contributed by atoms with E-state index in [4.69, 9.17) is 15.2 Å². The second-order valence-electron chi connectivity index (χ2n) is 12.5. The molecule has 3 amide bonds. The molecule has 46 heavy (non-hydrogen) atoms. The first-order valence-electron chi connectivity index (χ1n) is 15.6. The molecule has 1 aromatic carbocycles. The first kappa shape index (κ1) is 36.5. The van der Waals surface area contributed by atoms with E-state index in [2.05, 4.69) is 5.32 Å². The Bertz CT molecular complexity index is 1430. The minimum absolute atomic E-state index is 0.0282. The third-order valence-electron chi connectivity index (χ3n) is 8.78. The van der Waals surface area contributed by atoms with Gasteiger partial charge in [-0.25, -0.2) is 13.2 Å². The van der Waals surface area contributed by atoms with Crippen LogP contribution >= 0.6 is 0 Å². The lowest BCUT2D eigenvalue weighted by Crippen LogP contribution is -2.67. The molecule has 0 spiro atoms. The molecule has 1 aliphatic heterocycles. The highest BCUT2D eigenvalue weighted by Crippen LogP contribution is 2.49. The van der Waals surface area contributed by atoms with Crippen molar-refractivity contribution in [2.45, 2.75) is 78.0 Å². The average molecular weight is 663 g/mol. The molecule has 0 saturated heterocycles. The summed E-state index contributed by atoms with van der Waals surface area (Å²) in [6, 6.07) is 8.77. The topological polar surface area (TPSA) is 191 Å². The monoisotopic (exact) mass is 662 g/mol. The predicted octanol–water partition coefficient (Wildman–Crippen LogP) is 1.77. The minimum atomic E-state index is -4.47. The third-order valence-corrected chi connectivity index (χ3v) is 9.96. The normalized spacial score (nSPS) is 23.7. The van der Waals surface area contributed by atoms with Gasteiger partial charge in [0.05, 0.1) is 0 Å². The van der Waals surface area contributed by atoms with Gasteiger partial charge < -0.3 is 25.4 Å². The Morgan fingerprint density at radius 2 is 1.65 bits per heavy atom. The highest BCUT2D eigenvalue weighted by molar-refractivity contribution is 7.90. The van der Waals surface area contributed by atoms with E-state index in [0.717, 1.165) is 0 Å². The van der Waals surface area contributed by atoms with E-state index < -0.39 is 68.9 Å². The summed E-state index contributed by atoms with van der Waals surface area (Å²) in [6.45, 7) is 7.34. The number of nitrogens with two attached hydrogens (primary N) is 1. The van der Waals surface area contributed by atoms with Crippen LogP contribution in [0.1, 0.15) is 65.4 Å². The summed E-state index contributed by atoms with van der Waals surface area (Å²) in [6.07, 6.45) is 1.47. The van der Waals surface area contributed by atoms with Crippen molar-refractivity contribution >= 4 is 39.7 Å². The van der Waals surface area contributed by atoms with Gasteiger partial charge in [0.25, 0.3) is 0 Å². The summed E-state index contributed by atoms with van der Waals surface area (Å²) in [4.78, 5) is 67.5. The summed E-state index contributed by atoms with van der Waals surface area (Å²) in [7, 11) is -2.82. The average Bonchev–Trinajstić information content (AvgIpc) is 3.27. The maximum Gasteiger partial charge on any atom is 0.336 e. The Labute approximate surface area is 270 Å².